The number of benzene rings is 2. The monoisotopic (exact) mass is 321 g/mol. The number of ketones is 1. The van der Waals surface area contributed by atoms with Crippen molar-refractivity contribution in [1.82, 2.24) is 20.2 Å². The summed E-state index contributed by atoms with van der Waals surface area (Å²) in [6.07, 6.45) is 1.49. The van der Waals surface area contributed by atoms with E-state index in [2.05, 4.69) is 20.8 Å². The van der Waals surface area contributed by atoms with Crippen molar-refractivity contribution in [2.75, 3.05) is 5.32 Å². The molecule has 3 rings (SSSR count). The van der Waals surface area contributed by atoms with Crippen LogP contribution in [0.15, 0.2) is 60.8 Å². The molecule has 24 heavy (non-hydrogen) atoms. The fourth-order valence-corrected chi connectivity index (χ4v) is 2.17. The molecule has 120 valence electrons. The number of hydrogen-bond donors (Lipinski definition) is 2. The number of aromatic nitrogens is 4. The Bertz CT molecular complexity index is 887. The molecule has 2 N–H and O–H groups in total. The number of para-hydroxylation sites is 3. The van der Waals surface area contributed by atoms with Crippen LogP contribution in [0.1, 0.15) is 12.7 Å². The predicted molar refractivity (Wildman–Crippen MR) is 89.5 cm³/mol. The Balaban J connectivity index is 1.99. The summed E-state index contributed by atoms with van der Waals surface area (Å²) in [7, 11) is 0. The summed E-state index contributed by atoms with van der Waals surface area (Å²) in [4.78, 5) is 12.1. The molecule has 0 aliphatic rings. The molecular weight excluding hydrogens is 306 g/mol. The molecule has 0 aliphatic heterocycles. The number of allylic oxidation sites excluding steroid dienone is 1. The molecule has 1 heterocycles. The largest absolute Gasteiger partial charge is 0.506 e. The number of anilines is 1. The lowest BCUT2D eigenvalue weighted by atomic mass is 10.2. The maximum Gasteiger partial charge on any atom is 0.192 e. The summed E-state index contributed by atoms with van der Waals surface area (Å²) in [6, 6.07) is 16.0. The van der Waals surface area contributed by atoms with E-state index in [1.165, 1.54) is 17.8 Å². The SMILES string of the molecule is CC(=O)/C(=C/Nc1ccccc1O)c1nnnn1-c1ccccc1. The van der Waals surface area contributed by atoms with E-state index in [1.54, 1.807) is 24.3 Å². The second-order valence-corrected chi connectivity index (χ2v) is 5.03. The first-order valence-corrected chi connectivity index (χ1v) is 7.26. The number of hydrogen-bond acceptors (Lipinski definition) is 6. The lowest BCUT2D eigenvalue weighted by Crippen LogP contribution is -2.08. The zero-order valence-corrected chi connectivity index (χ0v) is 12.9. The highest BCUT2D eigenvalue weighted by Gasteiger charge is 2.17. The molecule has 0 spiro atoms. The van der Waals surface area contributed by atoms with Gasteiger partial charge in [0.1, 0.15) is 5.75 Å². The Kier molecular flexibility index (Phi) is 4.33. The number of carbonyl (C=O) groups excluding carboxylic acids is 1. The highest BCUT2D eigenvalue weighted by Crippen LogP contribution is 2.23. The van der Waals surface area contributed by atoms with E-state index in [9.17, 15) is 9.90 Å². The molecule has 0 unspecified atom stereocenters. The van der Waals surface area contributed by atoms with E-state index >= 15 is 0 Å². The van der Waals surface area contributed by atoms with Crippen LogP contribution in [0.2, 0.25) is 0 Å². The Morgan fingerprint density at radius 3 is 2.54 bits per heavy atom. The Hall–Kier alpha value is -3.48. The molecule has 7 heteroatoms. The zero-order chi connectivity index (χ0) is 16.9. The van der Waals surface area contributed by atoms with Crippen molar-refractivity contribution in [3.05, 3.63) is 66.6 Å². The van der Waals surface area contributed by atoms with Gasteiger partial charge in [-0.15, -0.1) is 5.10 Å². The quantitative estimate of drug-likeness (QED) is 0.554. The first kappa shape index (κ1) is 15.4. The van der Waals surface area contributed by atoms with Crippen molar-refractivity contribution < 1.29 is 9.90 Å². The van der Waals surface area contributed by atoms with Crippen molar-refractivity contribution in [3.63, 3.8) is 0 Å². The third-order valence-corrected chi connectivity index (χ3v) is 3.37. The average Bonchev–Trinajstić information content (AvgIpc) is 3.06. The highest BCUT2D eigenvalue weighted by molar-refractivity contribution is 6.18. The first-order chi connectivity index (χ1) is 11.7. The maximum absolute atomic E-state index is 12.1. The van der Waals surface area contributed by atoms with E-state index in [1.807, 2.05) is 30.3 Å². The third-order valence-electron chi connectivity index (χ3n) is 3.37. The summed E-state index contributed by atoms with van der Waals surface area (Å²) in [5, 5.41) is 24.3. The third kappa shape index (κ3) is 3.14. The molecule has 0 bridgehead atoms. The maximum atomic E-state index is 12.1. The number of phenolic OH excluding ortho intramolecular Hbond substituents is 1. The minimum atomic E-state index is -0.204. The number of carbonyl (C=O) groups is 1. The van der Waals surface area contributed by atoms with Crippen LogP contribution in [0.3, 0.4) is 0 Å². The van der Waals surface area contributed by atoms with Crippen LogP contribution in [-0.4, -0.2) is 31.1 Å². The summed E-state index contributed by atoms with van der Waals surface area (Å²) < 4.78 is 1.49. The minimum Gasteiger partial charge on any atom is -0.506 e. The number of nitrogens with one attached hydrogen (secondary N) is 1. The normalized spacial score (nSPS) is 11.3. The lowest BCUT2D eigenvalue weighted by molar-refractivity contribution is -0.111. The number of tetrazole rings is 1. The molecule has 0 atom stereocenters. The van der Waals surface area contributed by atoms with Gasteiger partial charge in [0, 0.05) is 6.20 Å². The Labute approximate surface area is 138 Å². The number of nitrogens with zero attached hydrogens (tertiary/aromatic N) is 4. The van der Waals surface area contributed by atoms with Crippen LogP contribution in [0, 0.1) is 0 Å². The molecule has 7 nitrogen and oxygen atoms in total. The smallest absolute Gasteiger partial charge is 0.192 e. The summed E-state index contributed by atoms with van der Waals surface area (Å²) in [6.45, 7) is 1.43. The van der Waals surface area contributed by atoms with Crippen LogP contribution in [-0.2, 0) is 4.79 Å². The van der Waals surface area contributed by atoms with Crippen molar-refractivity contribution in [2.24, 2.45) is 0 Å². The van der Waals surface area contributed by atoms with E-state index in [4.69, 9.17) is 0 Å². The topological polar surface area (TPSA) is 92.9 Å². The standard InChI is InChI=1S/C17H15N5O2/c1-12(23)14(11-18-15-9-5-6-10-16(15)24)17-19-20-21-22(17)13-7-3-2-4-8-13/h2-11,18,24H,1H3/b14-11-. The van der Waals surface area contributed by atoms with Crippen molar-refractivity contribution in [2.45, 2.75) is 6.92 Å². The molecule has 0 fully saturated rings. The van der Waals surface area contributed by atoms with Crippen LogP contribution in [0.4, 0.5) is 5.69 Å². The molecule has 0 saturated carbocycles. The number of rotatable bonds is 5. The lowest BCUT2D eigenvalue weighted by Gasteiger charge is -2.08. The molecular formula is C17H15N5O2. The van der Waals surface area contributed by atoms with Gasteiger partial charge >= 0.3 is 0 Å². The van der Waals surface area contributed by atoms with E-state index in [-0.39, 0.29) is 11.5 Å². The van der Waals surface area contributed by atoms with Crippen LogP contribution >= 0.6 is 0 Å². The van der Waals surface area contributed by atoms with Crippen molar-refractivity contribution in [3.8, 4) is 11.4 Å². The highest BCUT2D eigenvalue weighted by atomic mass is 16.3. The fourth-order valence-electron chi connectivity index (χ4n) is 2.17. The van der Waals surface area contributed by atoms with Crippen molar-refractivity contribution in [1.29, 1.82) is 0 Å². The summed E-state index contributed by atoms with van der Waals surface area (Å²) >= 11 is 0. The Morgan fingerprint density at radius 2 is 1.83 bits per heavy atom. The fraction of sp³-hybridized carbons (Fsp3) is 0.0588. The summed E-state index contributed by atoms with van der Waals surface area (Å²) in [5.74, 6) is 0.195. The van der Waals surface area contributed by atoms with Gasteiger partial charge in [0.2, 0.25) is 0 Å². The van der Waals surface area contributed by atoms with Gasteiger partial charge < -0.3 is 10.4 Å². The van der Waals surface area contributed by atoms with Crippen LogP contribution < -0.4 is 5.32 Å². The second-order valence-electron chi connectivity index (χ2n) is 5.03. The van der Waals surface area contributed by atoms with Crippen LogP contribution in [0.5, 0.6) is 5.75 Å². The van der Waals surface area contributed by atoms with Gasteiger partial charge in [-0.25, -0.2) is 0 Å². The minimum absolute atomic E-state index is 0.0827. The molecule has 0 aliphatic carbocycles. The van der Waals surface area contributed by atoms with Gasteiger partial charge in [-0.3, -0.25) is 4.79 Å². The number of aromatic hydroxyl groups is 1. The van der Waals surface area contributed by atoms with E-state index in [0.29, 0.717) is 17.1 Å². The molecule has 3 aromatic rings. The number of Topliss-reactive ketones (excluding diaryl/α,β-unsaturated/α-hetero) is 1. The summed E-state index contributed by atoms with van der Waals surface area (Å²) in [5.41, 5.74) is 1.52. The second kappa shape index (κ2) is 6.74. The van der Waals surface area contributed by atoms with Gasteiger partial charge in [-0.05, 0) is 41.6 Å². The van der Waals surface area contributed by atoms with Gasteiger partial charge in [0.15, 0.2) is 11.6 Å². The van der Waals surface area contributed by atoms with Gasteiger partial charge in [0.25, 0.3) is 0 Å². The average molecular weight is 321 g/mol. The molecule has 0 radical (unpaired) electrons. The van der Waals surface area contributed by atoms with Gasteiger partial charge in [-0.2, -0.15) is 4.68 Å². The van der Waals surface area contributed by atoms with E-state index < -0.39 is 0 Å². The predicted octanol–water partition coefficient (Wildman–Crippen LogP) is 2.41. The first-order valence-electron chi connectivity index (χ1n) is 7.26. The Morgan fingerprint density at radius 1 is 1.12 bits per heavy atom. The zero-order valence-electron chi connectivity index (χ0n) is 12.9. The van der Waals surface area contributed by atoms with Gasteiger partial charge in [-0.1, -0.05) is 30.3 Å². The molecule has 1 aromatic heterocycles. The van der Waals surface area contributed by atoms with Gasteiger partial charge in [0.05, 0.1) is 16.9 Å². The van der Waals surface area contributed by atoms with Crippen LogP contribution in [0.25, 0.3) is 11.3 Å². The molecule has 2 aromatic carbocycles. The number of phenols is 1. The van der Waals surface area contributed by atoms with E-state index in [0.717, 1.165) is 5.69 Å². The van der Waals surface area contributed by atoms with Crippen molar-refractivity contribution >= 4 is 17.0 Å². The molecule has 0 saturated heterocycles. The molecule has 0 amide bonds.